The van der Waals surface area contributed by atoms with Gasteiger partial charge in [-0.05, 0) is 76.9 Å². The van der Waals surface area contributed by atoms with Gasteiger partial charge in [0.25, 0.3) is 0 Å². The first kappa shape index (κ1) is 29.6. The van der Waals surface area contributed by atoms with E-state index in [1.165, 1.54) is 30.0 Å². The number of carbonyl (C=O) groups is 3. The number of nitrogens with zero attached hydrogens (tertiary/aromatic N) is 1. The number of fused-ring (bicyclic) bond motifs is 2. The van der Waals surface area contributed by atoms with E-state index in [0.717, 1.165) is 5.69 Å². The largest absolute Gasteiger partial charge is 0.488 e. The summed E-state index contributed by atoms with van der Waals surface area (Å²) in [5, 5.41) is 3.21. The minimum absolute atomic E-state index is 0.167. The lowest BCUT2D eigenvalue weighted by Crippen LogP contribution is -2.45. The summed E-state index contributed by atoms with van der Waals surface area (Å²) in [5.41, 5.74) is 1.32. The van der Waals surface area contributed by atoms with E-state index in [4.69, 9.17) is 9.47 Å². The Kier molecular flexibility index (Phi) is 9.88. The van der Waals surface area contributed by atoms with Crippen LogP contribution in [0.15, 0.2) is 45.5 Å². The van der Waals surface area contributed by atoms with E-state index in [2.05, 4.69) is 48.5 Å². The zero-order valence-electron chi connectivity index (χ0n) is 20.9. The fraction of sp³-hybridized carbons (Fsp3) is 0.346. The Labute approximate surface area is 235 Å². The van der Waals surface area contributed by atoms with Gasteiger partial charge in [-0.2, -0.15) is 0 Å². The lowest BCUT2D eigenvalue weighted by atomic mass is 10.1. The molecule has 8 nitrogen and oxygen atoms in total. The van der Waals surface area contributed by atoms with E-state index in [1.807, 2.05) is 13.8 Å². The minimum Gasteiger partial charge on any atom is -0.488 e. The maximum atomic E-state index is 13.5. The Bertz CT molecular complexity index is 1250. The van der Waals surface area contributed by atoms with Gasteiger partial charge in [0, 0.05) is 0 Å². The molecule has 2 unspecified atom stereocenters. The first-order chi connectivity index (χ1) is 17.9. The molecule has 0 aliphatic carbocycles. The highest BCUT2D eigenvalue weighted by atomic mass is 79.9. The second-order valence-electron chi connectivity index (χ2n) is 8.80. The summed E-state index contributed by atoms with van der Waals surface area (Å²) in [4.78, 5) is 34.5. The standard InChI is InChI=1S/C13H13BrFNO3.C9H9BrFNO.C4H4O2/c1-7-6-19-13-10(4-3-9(15)12(13)14)16(7)11(18)5-8(2)17;1-5-4-13-9-7(12-5)3-2-6(11)8(9)10;1-3-2-4(5)6-3/h3-4,7H,5-6H2,1-2H3;2-3,5,12H,4H2,1H3;1-2H2. The lowest BCUT2D eigenvalue weighted by Gasteiger charge is -2.35. The van der Waals surface area contributed by atoms with E-state index in [0.29, 0.717) is 40.4 Å². The molecule has 2 aromatic rings. The smallest absolute Gasteiger partial charge is 0.318 e. The van der Waals surface area contributed by atoms with Gasteiger partial charge in [-0.25, -0.2) is 8.78 Å². The molecule has 1 saturated heterocycles. The molecule has 2 atom stereocenters. The zero-order valence-corrected chi connectivity index (χ0v) is 24.1. The molecular formula is C26H26Br2F2N2O6. The van der Waals surface area contributed by atoms with Gasteiger partial charge in [-0.3, -0.25) is 14.4 Å². The summed E-state index contributed by atoms with van der Waals surface area (Å²) < 4.78 is 42.3. The summed E-state index contributed by atoms with van der Waals surface area (Å²) in [7, 11) is 0. The van der Waals surface area contributed by atoms with Crippen LogP contribution >= 0.6 is 31.9 Å². The summed E-state index contributed by atoms with van der Waals surface area (Å²) in [5.74, 6) is 0.0324. The van der Waals surface area contributed by atoms with E-state index in [-0.39, 0.29) is 53.1 Å². The number of esters is 1. The average molecular weight is 660 g/mol. The van der Waals surface area contributed by atoms with Crippen molar-refractivity contribution in [1.82, 2.24) is 0 Å². The van der Waals surface area contributed by atoms with Crippen LogP contribution in [-0.2, 0) is 19.1 Å². The molecule has 3 aliphatic heterocycles. The molecule has 0 spiro atoms. The van der Waals surface area contributed by atoms with Crippen molar-refractivity contribution in [3.8, 4) is 11.5 Å². The number of nitrogens with one attached hydrogen (secondary N) is 1. The van der Waals surface area contributed by atoms with Gasteiger partial charge in [0.1, 0.15) is 42.8 Å². The summed E-state index contributed by atoms with van der Waals surface area (Å²) >= 11 is 6.25. The number of rotatable bonds is 2. The number of benzene rings is 2. The summed E-state index contributed by atoms with van der Waals surface area (Å²) in [6.45, 7) is 9.39. The molecule has 0 radical (unpaired) electrons. The maximum Gasteiger partial charge on any atom is 0.318 e. The first-order valence-corrected chi connectivity index (χ1v) is 13.2. The second-order valence-corrected chi connectivity index (χ2v) is 10.4. The van der Waals surface area contributed by atoms with Crippen LogP contribution in [0.1, 0.15) is 33.6 Å². The third-order valence-electron chi connectivity index (χ3n) is 5.40. The van der Waals surface area contributed by atoms with Gasteiger partial charge in [0.2, 0.25) is 5.91 Å². The van der Waals surface area contributed by atoms with Crippen LogP contribution in [0.5, 0.6) is 11.5 Å². The SMILES string of the molecule is C=C1CC(=O)O1.CC(=O)CC(=O)N1c2ccc(F)c(Br)c2OCC1C.CC1COc2c(ccc(F)c2Br)N1. The third-order valence-corrected chi connectivity index (χ3v) is 6.87. The summed E-state index contributed by atoms with van der Waals surface area (Å²) in [6.07, 6.45) is 0.249. The van der Waals surface area contributed by atoms with Crippen LogP contribution < -0.4 is 19.7 Å². The number of hydrogen-bond donors (Lipinski definition) is 1. The molecule has 5 rings (SSSR count). The van der Waals surface area contributed by atoms with Gasteiger partial charge in [0.15, 0.2) is 11.5 Å². The number of Topliss-reactive ketones (excluding diaryl/α,β-unsaturated/α-hetero) is 1. The second kappa shape index (κ2) is 12.7. The van der Waals surface area contributed by atoms with Gasteiger partial charge in [0.05, 0.1) is 38.8 Å². The highest BCUT2D eigenvalue weighted by Crippen LogP contribution is 2.41. The van der Waals surface area contributed by atoms with Gasteiger partial charge in [-0.15, -0.1) is 0 Å². The Morgan fingerprint density at radius 2 is 1.63 bits per heavy atom. The van der Waals surface area contributed by atoms with Crippen molar-refractivity contribution >= 4 is 60.9 Å². The molecule has 0 saturated carbocycles. The van der Waals surface area contributed by atoms with Crippen molar-refractivity contribution in [2.45, 2.75) is 45.7 Å². The molecule has 1 N–H and O–H groups in total. The molecule has 2 aromatic carbocycles. The highest BCUT2D eigenvalue weighted by molar-refractivity contribution is 9.11. The fourth-order valence-electron chi connectivity index (χ4n) is 3.66. The molecule has 3 heterocycles. The normalized spacial score (nSPS) is 18.8. The number of carbonyl (C=O) groups excluding carboxylic acids is 3. The molecule has 0 aromatic heterocycles. The van der Waals surface area contributed by atoms with Gasteiger partial charge < -0.3 is 24.4 Å². The number of amides is 1. The van der Waals surface area contributed by atoms with Crippen LogP contribution in [0, 0.1) is 11.6 Å². The summed E-state index contributed by atoms with van der Waals surface area (Å²) in [6, 6.07) is 5.92. The topological polar surface area (TPSA) is 94.2 Å². The first-order valence-electron chi connectivity index (χ1n) is 11.6. The molecule has 12 heteroatoms. The van der Waals surface area contributed by atoms with Crippen LogP contribution in [0.4, 0.5) is 20.2 Å². The van der Waals surface area contributed by atoms with Crippen LogP contribution in [-0.4, -0.2) is 43.0 Å². The fourth-order valence-corrected chi connectivity index (χ4v) is 4.57. The van der Waals surface area contributed by atoms with Crippen LogP contribution in [0.2, 0.25) is 0 Å². The monoisotopic (exact) mass is 658 g/mol. The number of ketones is 1. The molecule has 204 valence electrons. The van der Waals surface area contributed by atoms with Crippen LogP contribution in [0.25, 0.3) is 0 Å². The number of halogens is 4. The van der Waals surface area contributed by atoms with Crippen molar-refractivity contribution in [2.75, 3.05) is 23.4 Å². The predicted molar refractivity (Wildman–Crippen MR) is 144 cm³/mol. The van der Waals surface area contributed by atoms with Crippen molar-refractivity contribution in [3.63, 3.8) is 0 Å². The predicted octanol–water partition coefficient (Wildman–Crippen LogP) is 5.91. The molecular weight excluding hydrogens is 634 g/mol. The van der Waals surface area contributed by atoms with Crippen molar-refractivity contribution in [1.29, 1.82) is 0 Å². The number of hydrogen-bond acceptors (Lipinski definition) is 7. The Balaban J connectivity index is 0.000000180. The zero-order chi connectivity index (χ0) is 28.1. The minimum atomic E-state index is -0.452. The Morgan fingerprint density at radius 1 is 1.05 bits per heavy atom. The molecule has 0 bridgehead atoms. The lowest BCUT2D eigenvalue weighted by molar-refractivity contribution is -0.148. The Morgan fingerprint density at radius 3 is 2.18 bits per heavy atom. The number of anilines is 2. The number of cyclic esters (lactones) is 1. The molecule has 1 amide bonds. The molecule has 1 fully saturated rings. The van der Waals surface area contributed by atoms with Crippen molar-refractivity contribution in [3.05, 3.63) is 57.2 Å². The van der Waals surface area contributed by atoms with Crippen LogP contribution in [0.3, 0.4) is 0 Å². The highest BCUT2D eigenvalue weighted by Gasteiger charge is 2.32. The van der Waals surface area contributed by atoms with E-state index < -0.39 is 5.82 Å². The van der Waals surface area contributed by atoms with E-state index >= 15 is 0 Å². The van der Waals surface area contributed by atoms with Crippen molar-refractivity contribution in [2.24, 2.45) is 0 Å². The molecule has 3 aliphatic rings. The third kappa shape index (κ3) is 7.10. The average Bonchev–Trinajstić information content (AvgIpc) is 2.83. The van der Waals surface area contributed by atoms with Gasteiger partial charge in [-0.1, -0.05) is 6.58 Å². The molecule has 38 heavy (non-hydrogen) atoms. The van der Waals surface area contributed by atoms with Crippen molar-refractivity contribution < 1.29 is 37.4 Å². The van der Waals surface area contributed by atoms with Gasteiger partial charge >= 0.3 is 5.97 Å². The Hall–Kier alpha value is -2.99. The van der Waals surface area contributed by atoms with E-state index in [1.54, 1.807) is 6.07 Å². The van der Waals surface area contributed by atoms with E-state index in [9.17, 15) is 23.2 Å². The maximum absolute atomic E-state index is 13.5. The number of ether oxygens (including phenoxy) is 3. The quantitative estimate of drug-likeness (QED) is 0.317.